The molecule has 0 heterocycles. The highest BCUT2D eigenvalue weighted by Gasteiger charge is 2.47. The lowest BCUT2D eigenvalue weighted by atomic mass is 9.68. The molecule has 1 nitrogen and oxygen atoms in total. The molecule has 0 bridgehead atoms. The Bertz CT molecular complexity index is 3410. The van der Waals surface area contributed by atoms with Crippen LogP contribution in [0, 0.1) is 0 Å². The minimum atomic E-state index is -0.519. The van der Waals surface area contributed by atoms with Crippen LogP contribution in [0.2, 0.25) is 0 Å². The molecule has 0 radical (unpaired) electrons. The zero-order chi connectivity index (χ0) is 41.0. The van der Waals surface area contributed by atoms with Gasteiger partial charge in [0.1, 0.15) is 0 Å². The van der Waals surface area contributed by atoms with Crippen molar-refractivity contribution in [2.75, 3.05) is 4.90 Å². The predicted octanol–water partition coefficient (Wildman–Crippen LogP) is 16.3. The minimum Gasteiger partial charge on any atom is -0.309 e. The maximum Gasteiger partial charge on any atom is 0.0714 e. The average molecular weight is 788 g/mol. The maximum atomic E-state index is 2.51. The molecule has 0 atom stereocenters. The first-order valence-electron chi connectivity index (χ1n) is 21.5. The van der Waals surface area contributed by atoms with Crippen molar-refractivity contribution in [1.29, 1.82) is 0 Å². The van der Waals surface area contributed by atoms with Crippen molar-refractivity contribution in [2.24, 2.45) is 0 Å². The SMILES string of the molecule is c1ccc(C2(c3ccccc3)c3ccccc3-c3c(N(c4ccc(-c5cccc6ccccc56)cc4)c4ccccc4-c4ccc5c(ccc6ccccc65)c4)cccc32)cc1. The van der Waals surface area contributed by atoms with Gasteiger partial charge in [-0.05, 0) is 107 Å². The molecule has 290 valence electrons. The molecule has 0 aliphatic heterocycles. The van der Waals surface area contributed by atoms with Gasteiger partial charge in [-0.15, -0.1) is 0 Å². The van der Waals surface area contributed by atoms with E-state index >= 15 is 0 Å². The van der Waals surface area contributed by atoms with E-state index in [1.807, 2.05) is 0 Å². The number of para-hydroxylation sites is 1. The molecular formula is C61H41N. The Kier molecular flexibility index (Phi) is 8.47. The van der Waals surface area contributed by atoms with Crippen molar-refractivity contribution < 1.29 is 0 Å². The predicted molar refractivity (Wildman–Crippen MR) is 262 cm³/mol. The Morgan fingerprint density at radius 1 is 0.290 bits per heavy atom. The summed E-state index contributed by atoms with van der Waals surface area (Å²) in [5.74, 6) is 0. The zero-order valence-corrected chi connectivity index (χ0v) is 34.1. The summed E-state index contributed by atoms with van der Waals surface area (Å²) in [7, 11) is 0. The van der Waals surface area contributed by atoms with E-state index < -0.39 is 5.41 Å². The molecule has 1 aliphatic carbocycles. The second-order valence-corrected chi connectivity index (χ2v) is 16.4. The fourth-order valence-electron chi connectivity index (χ4n) is 10.4. The molecule has 62 heavy (non-hydrogen) atoms. The van der Waals surface area contributed by atoms with Crippen LogP contribution >= 0.6 is 0 Å². The average Bonchev–Trinajstić information content (AvgIpc) is 3.66. The van der Waals surface area contributed by atoms with Gasteiger partial charge in [-0.2, -0.15) is 0 Å². The first kappa shape index (κ1) is 35.9. The molecule has 11 aromatic rings. The molecule has 0 aromatic heterocycles. The van der Waals surface area contributed by atoms with E-state index in [1.165, 1.54) is 88.0 Å². The largest absolute Gasteiger partial charge is 0.309 e. The summed E-state index contributed by atoms with van der Waals surface area (Å²) in [6, 6.07) is 91.7. The Labute approximate surface area is 362 Å². The van der Waals surface area contributed by atoms with Gasteiger partial charge in [0.2, 0.25) is 0 Å². The van der Waals surface area contributed by atoms with Gasteiger partial charge in [-0.25, -0.2) is 0 Å². The summed E-state index contributed by atoms with van der Waals surface area (Å²) in [6.07, 6.45) is 0. The van der Waals surface area contributed by atoms with Crippen LogP contribution in [-0.4, -0.2) is 0 Å². The summed E-state index contributed by atoms with van der Waals surface area (Å²) in [6.45, 7) is 0. The van der Waals surface area contributed by atoms with Gasteiger partial charge in [-0.3, -0.25) is 0 Å². The van der Waals surface area contributed by atoms with Gasteiger partial charge < -0.3 is 4.90 Å². The molecule has 1 heteroatoms. The van der Waals surface area contributed by atoms with Gasteiger partial charge in [0, 0.05) is 16.8 Å². The van der Waals surface area contributed by atoms with Crippen molar-refractivity contribution in [3.63, 3.8) is 0 Å². The Morgan fingerprint density at radius 2 is 0.806 bits per heavy atom. The monoisotopic (exact) mass is 787 g/mol. The van der Waals surface area contributed by atoms with Crippen LogP contribution in [0.15, 0.2) is 249 Å². The number of fused-ring (bicyclic) bond motifs is 7. The van der Waals surface area contributed by atoms with Crippen molar-refractivity contribution in [2.45, 2.75) is 5.41 Å². The van der Waals surface area contributed by atoms with Crippen LogP contribution in [0.1, 0.15) is 22.3 Å². The third kappa shape index (κ3) is 5.56. The first-order chi connectivity index (χ1) is 30.8. The molecule has 0 saturated heterocycles. The van der Waals surface area contributed by atoms with Crippen LogP contribution in [0.3, 0.4) is 0 Å². The second-order valence-electron chi connectivity index (χ2n) is 16.4. The van der Waals surface area contributed by atoms with Gasteiger partial charge in [0.25, 0.3) is 0 Å². The third-order valence-electron chi connectivity index (χ3n) is 13.1. The lowest BCUT2D eigenvalue weighted by Gasteiger charge is -2.34. The van der Waals surface area contributed by atoms with Crippen LogP contribution < -0.4 is 4.90 Å². The highest BCUT2D eigenvalue weighted by atomic mass is 15.1. The van der Waals surface area contributed by atoms with Crippen molar-refractivity contribution >= 4 is 49.4 Å². The highest BCUT2D eigenvalue weighted by molar-refractivity contribution is 6.09. The van der Waals surface area contributed by atoms with E-state index in [4.69, 9.17) is 0 Å². The highest BCUT2D eigenvalue weighted by Crippen LogP contribution is 2.60. The van der Waals surface area contributed by atoms with Crippen LogP contribution in [-0.2, 0) is 5.41 Å². The molecule has 0 fully saturated rings. The summed E-state index contributed by atoms with van der Waals surface area (Å²) in [5, 5.41) is 7.52. The molecule has 0 saturated carbocycles. The quantitative estimate of drug-likeness (QED) is 0.145. The van der Waals surface area contributed by atoms with Gasteiger partial charge >= 0.3 is 0 Å². The van der Waals surface area contributed by atoms with E-state index in [2.05, 4.69) is 254 Å². The van der Waals surface area contributed by atoms with E-state index in [-0.39, 0.29) is 0 Å². The lowest BCUT2D eigenvalue weighted by molar-refractivity contribution is 0.768. The molecule has 0 N–H and O–H groups in total. The van der Waals surface area contributed by atoms with Crippen molar-refractivity contribution in [3.05, 3.63) is 271 Å². The number of nitrogens with zero attached hydrogens (tertiary/aromatic N) is 1. The Balaban J connectivity index is 1.12. The summed E-state index contributed by atoms with van der Waals surface area (Å²) in [5.41, 5.74) is 15.2. The number of hydrogen-bond acceptors (Lipinski definition) is 1. The zero-order valence-electron chi connectivity index (χ0n) is 34.1. The molecule has 0 unspecified atom stereocenters. The molecule has 12 rings (SSSR count). The molecule has 11 aromatic carbocycles. The van der Waals surface area contributed by atoms with Crippen LogP contribution in [0.4, 0.5) is 17.1 Å². The minimum absolute atomic E-state index is 0.519. The molecule has 1 aliphatic rings. The topological polar surface area (TPSA) is 3.24 Å². The molecule has 0 amide bonds. The second kappa shape index (κ2) is 14.6. The Hall–Kier alpha value is -8.00. The van der Waals surface area contributed by atoms with Gasteiger partial charge in [0.05, 0.1) is 16.8 Å². The summed E-state index contributed by atoms with van der Waals surface area (Å²) >= 11 is 0. The lowest BCUT2D eigenvalue weighted by Crippen LogP contribution is -2.28. The standard InChI is InChI=1S/C61H41N/c1-3-20-47(21-4-1)61(48-22-5-2-6-23-48)56-29-13-11-27-55(56)60-57(61)30-16-32-59(60)62(49-38-35-44(36-39-49)52-28-15-19-42-17-7-9-24-50(42)52)58-31-14-12-26-54(58)46-37-40-53-45(41-46)34-33-43-18-8-10-25-51(43)53/h1-41H. The first-order valence-corrected chi connectivity index (χ1v) is 21.5. The normalized spacial score (nSPS) is 12.6. The number of rotatable bonds is 7. The fraction of sp³-hybridized carbons (Fsp3) is 0.0164. The summed E-state index contributed by atoms with van der Waals surface area (Å²) in [4.78, 5) is 2.51. The van der Waals surface area contributed by atoms with Crippen LogP contribution in [0.5, 0.6) is 0 Å². The van der Waals surface area contributed by atoms with Gasteiger partial charge in [-0.1, -0.05) is 218 Å². The molecule has 0 spiro atoms. The van der Waals surface area contributed by atoms with Crippen LogP contribution in [0.25, 0.3) is 65.7 Å². The number of hydrogen-bond donors (Lipinski definition) is 0. The Morgan fingerprint density at radius 3 is 1.58 bits per heavy atom. The van der Waals surface area contributed by atoms with Crippen molar-refractivity contribution in [3.8, 4) is 33.4 Å². The smallest absolute Gasteiger partial charge is 0.0714 e. The summed E-state index contributed by atoms with van der Waals surface area (Å²) < 4.78 is 0. The fourth-order valence-corrected chi connectivity index (χ4v) is 10.4. The van der Waals surface area contributed by atoms with E-state index in [9.17, 15) is 0 Å². The van der Waals surface area contributed by atoms with Gasteiger partial charge in [0.15, 0.2) is 0 Å². The maximum absolute atomic E-state index is 2.51. The molecular weight excluding hydrogens is 747 g/mol. The number of benzene rings is 11. The van der Waals surface area contributed by atoms with E-state index in [1.54, 1.807) is 0 Å². The number of anilines is 3. The van der Waals surface area contributed by atoms with E-state index in [0.717, 1.165) is 17.1 Å². The van der Waals surface area contributed by atoms with E-state index in [0.29, 0.717) is 0 Å². The van der Waals surface area contributed by atoms with Crippen molar-refractivity contribution in [1.82, 2.24) is 0 Å². The third-order valence-corrected chi connectivity index (χ3v) is 13.1.